The van der Waals surface area contributed by atoms with Crippen molar-refractivity contribution in [1.82, 2.24) is 4.90 Å². The molecule has 0 aromatic carbocycles. The predicted molar refractivity (Wildman–Crippen MR) is 67.1 cm³/mol. The second kappa shape index (κ2) is 6.36. The standard InChI is InChI=1S/C13H25NO3/c1-11(2)4-5-13(3,10-12(15)16)14-6-8-17-9-7-14/h11H,4-10H2,1-3H3,(H,15,16). The maximum Gasteiger partial charge on any atom is 0.305 e. The zero-order valence-corrected chi connectivity index (χ0v) is 11.2. The molecule has 1 fully saturated rings. The van der Waals surface area contributed by atoms with Crippen LogP contribution in [-0.2, 0) is 9.53 Å². The van der Waals surface area contributed by atoms with Gasteiger partial charge >= 0.3 is 5.97 Å². The summed E-state index contributed by atoms with van der Waals surface area (Å²) in [5.74, 6) is -0.0908. The molecule has 0 amide bonds. The zero-order valence-electron chi connectivity index (χ0n) is 11.2. The van der Waals surface area contributed by atoms with Crippen LogP contribution >= 0.6 is 0 Å². The second-order valence-electron chi connectivity index (χ2n) is 5.60. The van der Waals surface area contributed by atoms with Gasteiger partial charge in [-0.05, 0) is 25.7 Å². The van der Waals surface area contributed by atoms with Crippen LogP contribution < -0.4 is 0 Å². The van der Waals surface area contributed by atoms with E-state index in [1.807, 2.05) is 0 Å². The van der Waals surface area contributed by atoms with Crippen LogP contribution in [0.15, 0.2) is 0 Å². The van der Waals surface area contributed by atoms with Crippen molar-refractivity contribution in [3.8, 4) is 0 Å². The molecule has 0 bridgehead atoms. The van der Waals surface area contributed by atoms with Crippen LogP contribution in [0, 0.1) is 5.92 Å². The number of rotatable bonds is 6. The average Bonchev–Trinajstić information content (AvgIpc) is 2.27. The monoisotopic (exact) mass is 243 g/mol. The Bertz CT molecular complexity index is 249. The Labute approximate surface area is 104 Å². The van der Waals surface area contributed by atoms with Crippen LogP contribution in [0.4, 0.5) is 0 Å². The van der Waals surface area contributed by atoms with E-state index in [9.17, 15) is 4.79 Å². The van der Waals surface area contributed by atoms with Crippen LogP contribution in [0.25, 0.3) is 0 Å². The molecule has 0 spiro atoms. The molecule has 0 aliphatic carbocycles. The third-order valence-corrected chi connectivity index (χ3v) is 3.57. The number of carbonyl (C=O) groups is 1. The summed E-state index contributed by atoms with van der Waals surface area (Å²) in [5, 5.41) is 9.09. The average molecular weight is 243 g/mol. The zero-order chi connectivity index (χ0) is 12.9. The highest BCUT2D eigenvalue weighted by molar-refractivity contribution is 5.68. The van der Waals surface area contributed by atoms with E-state index in [-0.39, 0.29) is 12.0 Å². The molecule has 1 aliphatic heterocycles. The van der Waals surface area contributed by atoms with Crippen molar-refractivity contribution in [2.45, 2.75) is 45.6 Å². The summed E-state index contributed by atoms with van der Waals surface area (Å²) in [6.45, 7) is 9.58. The van der Waals surface area contributed by atoms with Crippen LogP contribution in [0.1, 0.15) is 40.0 Å². The Hall–Kier alpha value is -0.610. The summed E-state index contributed by atoms with van der Waals surface area (Å²) < 4.78 is 5.34. The van der Waals surface area contributed by atoms with E-state index in [4.69, 9.17) is 9.84 Å². The van der Waals surface area contributed by atoms with Gasteiger partial charge in [-0.3, -0.25) is 9.69 Å². The lowest BCUT2D eigenvalue weighted by molar-refractivity contribution is -0.141. The van der Waals surface area contributed by atoms with Gasteiger partial charge in [-0.2, -0.15) is 0 Å². The van der Waals surface area contributed by atoms with Gasteiger partial charge in [0.1, 0.15) is 0 Å². The first-order valence-electron chi connectivity index (χ1n) is 6.48. The van der Waals surface area contributed by atoms with Gasteiger partial charge in [0.15, 0.2) is 0 Å². The molecule has 1 aliphatic rings. The summed E-state index contributed by atoms with van der Waals surface area (Å²) in [7, 11) is 0. The van der Waals surface area contributed by atoms with Gasteiger partial charge in [0.2, 0.25) is 0 Å². The lowest BCUT2D eigenvalue weighted by Crippen LogP contribution is -2.52. The molecule has 1 N–H and O–H groups in total. The van der Waals surface area contributed by atoms with E-state index in [0.717, 1.165) is 39.1 Å². The summed E-state index contributed by atoms with van der Waals surface area (Å²) in [6.07, 6.45) is 2.23. The molecular formula is C13H25NO3. The van der Waals surface area contributed by atoms with Gasteiger partial charge in [-0.1, -0.05) is 13.8 Å². The van der Waals surface area contributed by atoms with E-state index in [1.165, 1.54) is 0 Å². The lowest BCUT2D eigenvalue weighted by atomic mass is 9.87. The Balaban J connectivity index is 2.65. The molecular weight excluding hydrogens is 218 g/mol. The summed E-state index contributed by atoms with van der Waals surface area (Å²) >= 11 is 0. The normalized spacial score (nSPS) is 21.4. The minimum absolute atomic E-state index is 0.222. The number of morpholine rings is 1. The lowest BCUT2D eigenvalue weighted by Gasteiger charge is -2.43. The molecule has 1 heterocycles. The Morgan fingerprint density at radius 1 is 1.41 bits per heavy atom. The first-order chi connectivity index (χ1) is 7.94. The van der Waals surface area contributed by atoms with Gasteiger partial charge in [-0.25, -0.2) is 0 Å². The van der Waals surface area contributed by atoms with Gasteiger partial charge in [0.05, 0.1) is 19.6 Å². The van der Waals surface area contributed by atoms with Crippen LogP contribution in [0.3, 0.4) is 0 Å². The van der Waals surface area contributed by atoms with Crippen molar-refractivity contribution >= 4 is 5.97 Å². The molecule has 0 aromatic heterocycles. The van der Waals surface area contributed by atoms with E-state index in [2.05, 4.69) is 25.7 Å². The highest BCUT2D eigenvalue weighted by Gasteiger charge is 2.34. The van der Waals surface area contributed by atoms with Crippen molar-refractivity contribution in [3.05, 3.63) is 0 Å². The number of ether oxygens (including phenoxy) is 1. The highest BCUT2D eigenvalue weighted by Crippen LogP contribution is 2.28. The second-order valence-corrected chi connectivity index (χ2v) is 5.60. The van der Waals surface area contributed by atoms with Crippen LogP contribution in [0.5, 0.6) is 0 Å². The van der Waals surface area contributed by atoms with Gasteiger partial charge < -0.3 is 9.84 Å². The fraction of sp³-hybridized carbons (Fsp3) is 0.923. The van der Waals surface area contributed by atoms with Crippen LogP contribution in [-0.4, -0.2) is 47.8 Å². The van der Waals surface area contributed by atoms with Crippen molar-refractivity contribution in [1.29, 1.82) is 0 Å². The molecule has 0 saturated carbocycles. The molecule has 0 radical (unpaired) electrons. The first kappa shape index (κ1) is 14.5. The summed E-state index contributed by atoms with van der Waals surface area (Å²) in [5.41, 5.74) is -0.222. The Morgan fingerprint density at radius 2 is 2.00 bits per heavy atom. The minimum atomic E-state index is -0.706. The molecule has 100 valence electrons. The number of carboxylic acid groups (broad SMARTS) is 1. The van der Waals surface area contributed by atoms with E-state index < -0.39 is 5.97 Å². The van der Waals surface area contributed by atoms with Crippen molar-refractivity contribution < 1.29 is 14.6 Å². The smallest absolute Gasteiger partial charge is 0.305 e. The van der Waals surface area contributed by atoms with Crippen LogP contribution in [0.2, 0.25) is 0 Å². The molecule has 1 unspecified atom stereocenters. The molecule has 4 heteroatoms. The molecule has 1 atom stereocenters. The summed E-state index contributed by atoms with van der Waals surface area (Å²) in [4.78, 5) is 13.3. The number of nitrogens with zero attached hydrogens (tertiary/aromatic N) is 1. The molecule has 4 nitrogen and oxygen atoms in total. The quantitative estimate of drug-likeness (QED) is 0.775. The topological polar surface area (TPSA) is 49.8 Å². The molecule has 1 rings (SSSR count). The van der Waals surface area contributed by atoms with Gasteiger partial charge in [0.25, 0.3) is 0 Å². The Morgan fingerprint density at radius 3 is 2.47 bits per heavy atom. The first-order valence-corrected chi connectivity index (χ1v) is 6.48. The molecule has 0 aromatic rings. The number of aliphatic carboxylic acids is 1. The van der Waals surface area contributed by atoms with Gasteiger partial charge in [0, 0.05) is 18.6 Å². The number of hydrogen-bond donors (Lipinski definition) is 1. The van der Waals surface area contributed by atoms with E-state index >= 15 is 0 Å². The van der Waals surface area contributed by atoms with Crippen molar-refractivity contribution in [3.63, 3.8) is 0 Å². The fourth-order valence-electron chi connectivity index (χ4n) is 2.39. The third kappa shape index (κ3) is 4.64. The highest BCUT2D eigenvalue weighted by atomic mass is 16.5. The van der Waals surface area contributed by atoms with E-state index in [0.29, 0.717) is 5.92 Å². The third-order valence-electron chi connectivity index (χ3n) is 3.57. The Kier molecular flexibility index (Phi) is 5.40. The van der Waals surface area contributed by atoms with Crippen molar-refractivity contribution in [2.24, 2.45) is 5.92 Å². The minimum Gasteiger partial charge on any atom is -0.481 e. The molecule has 17 heavy (non-hydrogen) atoms. The fourth-order valence-corrected chi connectivity index (χ4v) is 2.39. The predicted octanol–water partition coefficient (Wildman–Crippen LogP) is 1.99. The maximum atomic E-state index is 11.0. The number of carboxylic acids is 1. The maximum absolute atomic E-state index is 11.0. The number of hydrogen-bond acceptors (Lipinski definition) is 3. The van der Waals surface area contributed by atoms with E-state index in [1.54, 1.807) is 0 Å². The van der Waals surface area contributed by atoms with Gasteiger partial charge in [-0.15, -0.1) is 0 Å². The summed E-state index contributed by atoms with van der Waals surface area (Å²) in [6, 6.07) is 0. The SMILES string of the molecule is CC(C)CCC(C)(CC(=O)O)N1CCOCC1. The van der Waals surface area contributed by atoms with Crippen molar-refractivity contribution in [2.75, 3.05) is 26.3 Å². The molecule has 1 saturated heterocycles. The largest absolute Gasteiger partial charge is 0.481 e.